The van der Waals surface area contributed by atoms with Crippen molar-refractivity contribution in [1.29, 1.82) is 0 Å². The molecule has 0 spiro atoms. The first-order valence-corrected chi connectivity index (χ1v) is 7.74. The molecule has 0 saturated heterocycles. The fraction of sp³-hybridized carbons (Fsp3) is 0.0952. The lowest BCUT2D eigenvalue weighted by Crippen LogP contribution is -2.32. The zero-order chi connectivity index (χ0) is 16.2. The van der Waals surface area contributed by atoms with Gasteiger partial charge in [-0.05, 0) is 38.1 Å². The highest BCUT2D eigenvalue weighted by Crippen LogP contribution is 2.17. The Bertz CT molecular complexity index is 947. The third-order valence-corrected chi connectivity index (χ3v) is 3.91. The molecule has 0 aliphatic heterocycles. The van der Waals surface area contributed by atoms with E-state index < -0.39 is 0 Å². The Balaban J connectivity index is 2.39. The average molecular weight is 300 g/mol. The van der Waals surface area contributed by atoms with Gasteiger partial charge in [0.15, 0.2) is 0 Å². The number of rotatable bonds is 3. The molecule has 0 saturated carbocycles. The van der Waals surface area contributed by atoms with Crippen molar-refractivity contribution in [1.82, 2.24) is 9.55 Å². The van der Waals surface area contributed by atoms with E-state index in [9.17, 15) is 0 Å². The molecule has 3 aromatic rings. The fourth-order valence-corrected chi connectivity index (χ4v) is 2.79. The van der Waals surface area contributed by atoms with Crippen LogP contribution < -0.4 is 10.6 Å². The number of nitrogens with zero attached hydrogens (tertiary/aromatic N) is 2. The van der Waals surface area contributed by atoms with Crippen molar-refractivity contribution in [2.75, 3.05) is 0 Å². The molecule has 1 aromatic carbocycles. The summed E-state index contributed by atoms with van der Waals surface area (Å²) in [7, 11) is 0. The van der Waals surface area contributed by atoms with Crippen molar-refractivity contribution < 1.29 is 0 Å². The number of hydrogen-bond donors (Lipinski definition) is 0. The molecule has 0 aliphatic rings. The van der Waals surface area contributed by atoms with Crippen molar-refractivity contribution >= 4 is 12.2 Å². The van der Waals surface area contributed by atoms with Gasteiger partial charge in [0.05, 0.1) is 16.7 Å². The van der Waals surface area contributed by atoms with Crippen LogP contribution in [-0.2, 0) is 0 Å². The standard InChI is InChI=1S/C21H20N2/c1-4-10-19-18(5-2)21(23-14-9-11-16(23)3)15-20(22-19)17-12-7-6-8-13-17/h4-15H,1H2,2-3H3/b18-5+,19-10+. The van der Waals surface area contributed by atoms with Crippen LogP contribution in [0.15, 0.2) is 67.4 Å². The summed E-state index contributed by atoms with van der Waals surface area (Å²) < 4.78 is 2.20. The highest BCUT2D eigenvalue weighted by atomic mass is 15.0. The van der Waals surface area contributed by atoms with Crippen LogP contribution in [0.1, 0.15) is 12.6 Å². The van der Waals surface area contributed by atoms with Gasteiger partial charge in [-0.15, -0.1) is 0 Å². The second-order valence-corrected chi connectivity index (χ2v) is 5.40. The number of benzene rings is 1. The van der Waals surface area contributed by atoms with Gasteiger partial charge in [0, 0.05) is 22.7 Å². The fourth-order valence-electron chi connectivity index (χ4n) is 2.79. The predicted molar refractivity (Wildman–Crippen MR) is 97.8 cm³/mol. The van der Waals surface area contributed by atoms with Crippen molar-refractivity contribution in [3.8, 4) is 16.9 Å². The van der Waals surface area contributed by atoms with Crippen LogP contribution in [-0.4, -0.2) is 9.55 Å². The van der Waals surface area contributed by atoms with Crippen LogP contribution in [0, 0.1) is 6.92 Å². The minimum atomic E-state index is 0.937. The molecule has 0 bridgehead atoms. The molecular formula is C21H20N2. The topological polar surface area (TPSA) is 17.8 Å². The molecule has 2 heteroatoms. The number of pyridine rings is 1. The van der Waals surface area contributed by atoms with Crippen LogP contribution in [0.25, 0.3) is 29.1 Å². The molecule has 3 rings (SSSR count). The Morgan fingerprint density at radius 1 is 1.09 bits per heavy atom. The van der Waals surface area contributed by atoms with Gasteiger partial charge < -0.3 is 4.57 Å². The molecule has 23 heavy (non-hydrogen) atoms. The van der Waals surface area contributed by atoms with E-state index in [0.717, 1.165) is 27.5 Å². The van der Waals surface area contributed by atoms with Crippen LogP contribution in [0.2, 0.25) is 0 Å². The molecule has 2 heterocycles. The molecule has 0 N–H and O–H groups in total. The minimum Gasteiger partial charge on any atom is -0.320 e. The molecular weight excluding hydrogens is 280 g/mol. The summed E-state index contributed by atoms with van der Waals surface area (Å²) >= 11 is 0. The van der Waals surface area contributed by atoms with Gasteiger partial charge in [-0.3, -0.25) is 0 Å². The summed E-state index contributed by atoms with van der Waals surface area (Å²) in [5, 5.41) is 2.05. The number of allylic oxidation sites excluding steroid dienone is 1. The lowest BCUT2D eigenvalue weighted by atomic mass is 10.1. The summed E-state index contributed by atoms with van der Waals surface area (Å²) in [4.78, 5) is 4.83. The van der Waals surface area contributed by atoms with Gasteiger partial charge in [-0.25, -0.2) is 4.98 Å². The highest BCUT2D eigenvalue weighted by Gasteiger charge is 2.07. The van der Waals surface area contributed by atoms with Crippen LogP contribution in [0.4, 0.5) is 0 Å². The van der Waals surface area contributed by atoms with Crippen molar-refractivity contribution in [3.63, 3.8) is 0 Å². The third kappa shape index (κ3) is 2.88. The zero-order valence-electron chi connectivity index (χ0n) is 13.5. The Kier molecular flexibility index (Phi) is 4.24. The largest absolute Gasteiger partial charge is 0.320 e. The Hall–Kier alpha value is -2.87. The molecule has 0 atom stereocenters. The molecule has 0 radical (unpaired) electrons. The van der Waals surface area contributed by atoms with Crippen molar-refractivity contribution in [2.45, 2.75) is 13.8 Å². The Morgan fingerprint density at radius 3 is 2.48 bits per heavy atom. The molecule has 0 aliphatic carbocycles. The minimum absolute atomic E-state index is 0.937. The van der Waals surface area contributed by atoms with Gasteiger partial charge >= 0.3 is 0 Å². The maximum absolute atomic E-state index is 4.83. The summed E-state index contributed by atoms with van der Waals surface area (Å²) in [6.07, 6.45) is 7.94. The van der Waals surface area contributed by atoms with E-state index in [1.165, 1.54) is 5.69 Å². The third-order valence-electron chi connectivity index (χ3n) is 3.91. The van der Waals surface area contributed by atoms with Gasteiger partial charge in [-0.1, -0.05) is 49.1 Å². The lowest BCUT2D eigenvalue weighted by molar-refractivity contribution is 0.991. The molecule has 0 amide bonds. The number of hydrogen-bond acceptors (Lipinski definition) is 1. The van der Waals surface area contributed by atoms with Crippen molar-refractivity contribution in [2.24, 2.45) is 0 Å². The molecule has 0 fully saturated rings. The van der Waals surface area contributed by atoms with Crippen LogP contribution >= 0.6 is 0 Å². The molecule has 0 unspecified atom stereocenters. The van der Waals surface area contributed by atoms with Gasteiger partial charge in [0.1, 0.15) is 0 Å². The van der Waals surface area contributed by atoms with Crippen LogP contribution in [0.5, 0.6) is 0 Å². The second kappa shape index (κ2) is 6.49. The first-order chi connectivity index (χ1) is 11.2. The van der Waals surface area contributed by atoms with E-state index in [1.54, 1.807) is 6.08 Å². The normalized spacial score (nSPS) is 12.6. The maximum Gasteiger partial charge on any atom is 0.0730 e. The predicted octanol–water partition coefficient (Wildman–Crippen LogP) is 3.61. The van der Waals surface area contributed by atoms with E-state index in [-0.39, 0.29) is 0 Å². The number of aromatic nitrogens is 2. The number of aryl methyl sites for hydroxylation is 1. The highest BCUT2D eigenvalue weighted by molar-refractivity contribution is 5.63. The zero-order valence-corrected chi connectivity index (χ0v) is 13.5. The van der Waals surface area contributed by atoms with E-state index in [0.29, 0.717) is 0 Å². The van der Waals surface area contributed by atoms with Gasteiger partial charge in [0.2, 0.25) is 0 Å². The quantitative estimate of drug-likeness (QED) is 0.722. The lowest BCUT2D eigenvalue weighted by Gasteiger charge is -2.11. The summed E-state index contributed by atoms with van der Waals surface area (Å²) in [5.74, 6) is 0. The Labute approximate surface area is 136 Å². The first-order valence-electron chi connectivity index (χ1n) is 7.74. The summed E-state index contributed by atoms with van der Waals surface area (Å²) in [6.45, 7) is 7.98. The smallest absolute Gasteiger partial charge is 0.0730 e. The first kappa shape index (κ1) is 15.0. The molecule has 2 nitrogen and oxygen atoms in total. The summed E-state index contributed by atoms with van der Waals surface area (Å²) in [5.41, 5.74) is 4.41. The van der Waals surface area contributed by atoms with E-state index in [4.69, 9.17) is 4.98 Å². The van der Waals surface area contributed by atoms with Crippen molar-refractivity contribution in [3.05, 3.63) is 83.6 Å². The summed E-state index contributed by atoms with van der Waals surface area (Å²) in [6, 6.07) is 16.6. The molecule has 2 aromatic heterocycles. The van der Waals surface area contributed by atoms with E-state index in [1.807, 2.05) is 31.2 Å². The van der Waals surface area contributed by atoms with Gasteiger partial charge in [-0.2, -0.15) is 0 Å². The second-order valence-electron chi connectivity index (χ2n) is 5.40. The Morgan fingerprint density at radius 2 is 1.87 bits per heavy atom. The molecule has 114 valence electrons. The monoisotopic (exact) mass is 300 g/mol. The van der Waals surface area contributed by atoms with Crippen LogP contribution in [0.3, 0.4) is 0 Å². The van der Waals surface area contributed by atoms with Gasteiger partial charge in [0.25, 0.3) is 0 Å². The van der Waals surface area contributed by atoms with E-state index >= 15 is 0 Å². The maximum atomic E-state index is 4.83. The van der Waals surface area contributed by atoms with E-state index in [2.05, 4.69) is 60.7 Å². The average Bonchev–Trinajstić information content (AvgIpc) is 3.01. The SMILES string of the molecule is C=C/C=c1/nc(-c2ccccc2)cc(-n2cccc2C)/c1=C/C.